The fraction of sp³-hybridized carbons (Fsp3) is 0.167. The van der Waals surface area contributed by atoms with Crippen LogP contribution in [0.4, 0.5) is 0 Å². The summed E-state index contributed by atoms with van der Waals surface area (Å²) in [5.74, 6) is -0.208. The monoisotopic (exact) mass is 188 g/mol. The molecule has 2 nitrogen and oxygen atoms in total. The van der Waals surface area contributed by atoms with Crippen LogP contribution in [0.3, 0.4) is 0 Å². The molecule has 0 saturated carbocycles. The van der Waals surface area contributed by atoms with Gasteiger partial charge in [0.05, 0.1) is 5.57 Å². The molecule has 0 heterocycles. The SMILES string of the molecule is C/C=C(/C=O)C(=O)c1ccccc1C. The predicted molar refractivity (Wildman–Crippen MR) is 55.3 cm³/mol. The number of aldehydes is 1. The Hall–Kier alpha value is -1.70. The van der Waals surface area contributed by atoms with Crippen molar-refractivity contribution in [1.82, 2.24) is 0 Å². The van der Waals surface area contributed by atoms with E-state index in [1.807, 2.05) is 19.1 Å². The fourth-order valence-electron chi connectivity index (χ4n) is 1.24. The lowest BCUT2D eigenvalue weighted by Crippen LogP contribution is -2.06. The lowest BCUT2D eigenvalue weighted by atomic mass is 10.00. The summed E-state index contributed by atoms with van der Waals surface area (Å²) in [5, 5.41) is 0. The molecule has 0 aliphatic rings. The second kappa shape index (κ2) is 4.51. The van der Waals surface area contributed by atoms with Crippen molar-refractivity contribution in [2.24, 2.45) is 0 Å². The number of carbonyl (C=O) groups excluding carboxylic acids is 2. The van der Waals surface area contributed by atoms with Gasteiger partial charge in [0.1, 0.15) is 0 Å². The van der Waals surface area contributed by atoms with E-state index in [-0.39, 0.29) is 11.4 Å². The fourth-order valence-corrected chi connectivity index (χ4v) is 1.24. The minimum atomic E-state index is -0.208. The molecule has 0 aromatic heterocycles. The van der Waals surface area contributed by atoms with E-state index in [1.165, 1.54) is 6.08 Å². The highest BCUT2D eigenvalue weighted by Crippen LogP contribution is 2.11. The van der Waals surface area contributed by atoms with Crippen LogP contribution in [0.15, 0.2) is 35.9 Å². The van der Waals surface area contributed by atoms with Crippen LogP contribution >= 0.6 is 0 Å². The van der Waals surface area contributed by atoms with E-state index in [4.69, 9.17) is 0 Å². The highest BCUT2D eigenvalue weighted by molar-refractivity contribution is 6.20. The van der Waals surface area contributed by atoms with Crippen LogP contribution in [0.25, 0.3) is 0 Å². The molecule has 0 amide bonds. The van der Waals surface area contributed by atoms with Crippen LogP contribution < -0.4 is 0 Å². The summed E-state index contributed by atoms with van der Waals surface area (Å²) in [6.45, 7) is 3.53. The Labute approximate surface area is 83.3 Å². The molecule has 1 aromatic carbocycles. The van der Waals surface area contributed by atoms with Crippen molar-refractivity contribution in [1.29, 1.82) is 0 Å². The van der Waals surface area contributed by atoms with E-state index in [0.29, 0.717) is 11.8 Å². The number of hydrogen-bond acceptors (Lipinski definition) is 2. The van der Waals surface area contributed by atoms with Crippen molar-refractivity contribution >= 4 is 12.1 Å². The average Bonchev–Trinajstić information content (AvgIpc) is 2.20. The molecule has 0 radical (unpaired) electrons. The molecule has 0 aliphatic carbocycles. The van der Waals surface area contributed by atoms with Gasteiger partial charge in [-0.3, -0.25) is 9.59 Å². The number of hydrogen-bond donors (Lipinski definition) is 0. The molecule has 72 valence electrons. The number of ketones is 1. The first-order chi connectivity index (χ1) is 6.70. The average molecular weight is 188 g/mol. The molecule has 2 heteroatoms. The van der Waals surface area contributed by atoms with E-state index in [9.17, 15) is 9.59 Å². The minimum absolute atomic E-state index is 0.208. The van der Waals surface area contributed by atoms with Crippen molar-refractivity contribution in [3.05, 3.63) is 47.0 Å². The standard InChI is InChI=1S/C12H12O2/c1-3-10(8-13)12(14)11-7-5-4-6-9(11)2/h3-8H,1-2H3/b10-3-. The van der Waals surface area contributed by atoms with Crippen LogP contribution in [0.5, 0.6) is 0 Å². The molecule has 0 N–H and O–H groups in total. The molecule has 1 aromatic rings. The van der Waals surface area contributed by atoms with Crippen LogP contribution in [0, 0.1) is 6.92 Å². The van der Waals surface area contributed by atoms with Gasteiger partial charge in [-0.25, -0.2) is 0 Å². The lowest BCUT2D eigenvalue weighted by Gasteiger charge is -2.02. The summed E-state index contributed by atoms with van der Waals surface area (Å²) in [7, 11) is 0. The van der Waals surface area contributed by atoms with E-state index in [2.05, 4.69) is 0 Å². The van der Waals surface area contributed by atoms with E-state index in [1.54, 1.807) is 19.1 Å². The van der Waals surface area contributed by atoms with E-state index < -0.39 is 0 Å². The first-order valence-corrected chi connectivity index (χ1v) is 4.42. The summed E-state index contributed by atoms with van der Waals surface area (Å²) in [5.41, 5.74) is 1.69. The highest BCUT2D eigenvalue weighted by atomic mass is 16.1. The lowest BCUT2D eigenvalue weighted by molar-refractivity contribution is -0.104. The third-order valence-electron chi connectivity index (χ3n) is 2.09. The summed E-state index contributed by atoms with van der Waals surface area (Å²) in [4.78, 5) is 22.3. The molecule has 1 rings (SSSR count). The van der Waals surface area contributed by atoms with Gasteiger partial charge in [-0.05, 0) is 19.4 Å². The summed E-state index contributed by atoms with van der Waals surface area (Å²) < 4.78 is 0. The van der Waals surface area contributed by atoms with Crippen molar-refractivity contribution in [3.8, 4) is 0 Å². The molecule has 0 fully saturated rings. The molecule has 14 heavy (non-hydrogen) atoms. The second-order valence-corrected chi connectivity index (χ2v) is 3.01. The number of allylic oxidation sites excluding steroid dienone is 2. The second-order valence-electron chi connectivity index (χ2n) is 3.01. The van der Waals surface area contributed by atoms with Gasteiger partial charge in [0, 0.05) is 5.56 Å². The van der Waals surface area contributed by atoms with Gasteiger partial charge < -0.3 is 0 Å². The maximum Gasteiger partial charge on any atom is 0.196 e. The van der Waals surface area contributed by atoms with Crippen LogP contribution in [-0.2, 0) is 4.79 Å². The van der Waals surface area contributed by atoms with Crippen LogP contribution in [0.2, 0.25) is 0 Å². The molecule has 0 atom stereocenters. The van der Waals surface area contributed by atoms with Crippen molar-refractivity contribution in [2.75, 3.05) is 0 Å². The Morgan fingerprint density at radius 1 is 1.29 bits per heavy atom. The number of aryl methyl sites for hydroxylation is 1. The Bertz CT molecular complexity index is 389. The number of carbonyl (C=O) groups is 2. The first-order valence-electron chi connectivity index (χ1n) is 4.42. The Morgan fingerprint density at radius 2 is 1.93 bits per heavy atom. The van der Waals surface area contributed by atoms with Crippen LogP contribution in [-0.4, -0.2) is 12.1 Å². The molecule has 0 unspecified atom stereocenters. The van der Waals surface area contributed by atoms with Gasteiger partial charge in [-0.2, -0.15) is 0 Å². The maximum atomic E-state index is 11.7. The predicted octanol–water partition coefficient (Wildman–Crippen LogP) is 2.32. The molecule has 0 bridgehead atoms. The smallest absolute Gasteiger partial charge is 0.196 e. The van der Waals surface area contributed by atoms with Gasteiger partial charge in [0.15, 0.2) is 12.1 Å². The third kappa shape index (κ3) is 1.96. The van der Waals surface area contributed by atoms with Crippen molar-refractivity contribution < 1.29 is 9.59 Å². The molecule has 0 aliphatic heterocycles. The largest absolute Gasteiger partial charge is 0.298 e. The zero-order valence-corrected chi connectivity index (χ0v) is 8.28. The van der Waals surface area contributed by atoms with Gasteiger partial charge in [0.25, 0.3) is 0 Å². The zero-order valence-electron chi connectivity index (χ0n) is 8.28. The maximum absolute atomic E-state index is 11.7. The van der Waals surface area contributed by atoms with Crippen LogP contribution in [0.1, 0.15) is 22.8 Å². The first kappa shape index (κ1) is 10.4. The summed E-state index contributed by atoms with van der Waals surface area (Å²) in [6, 6.07) is 7.23. The summed E-state index contributed by atoms with van der Waals surface area (Å²) in [6.07, 6.45) is 2.12. The van der Waals surface area contributed by atoms with Gasteiger partial charge in [-0.15, -0.1) is 0 Å². The Balaban J connectivity index is 3.13. The third-order valence-corrected chi connectivity index (χ3v) is 2.09. The Kier molecular flexibility index (Phi) is 3.35. The number of Topliss-reactive ketones (excluding diaryl/α,β-unsaturated/α-hetero) is 1. The molecule has 0 saturated heterocycles. The van der Waals surface area contributed by atoms with E-state index >= 15 is 0 Å². The molecular formula is C12H12O2. The summed E-state index contributed by atoms with van der Waals surface area (Å²) >= 11 is 0. The topological polar surface area (TPSA) is 34.1 Å². The highest BCUT2D eigenvalue weighted by Gasteiger charge is 2.11. The number of rotatable bonds is 3. The van der Waals surface area contributed by atoms with Gasteiger partial charge >= 0.3 is 0 Å². The Morgan fingerprint density at radius 3 is 2.43 bits per heavy atom. The van der Waals surface area contributed by atoms with Gasteiger partial charge in [0.2, 0.25) is 0 Å². The van der Waals surface area contributed by atoms with E-state index in [0.717, 1.165) is 5.56 Å². The zero-order chi connectivity index (χ0) is 10.6. The number of benzene rings is 1. The molecule has 0 spiro atoms. The van der Waals surface area contributed by atoms with Gasteiger partial charge in [-0.1, -0.05) is 30.3 Å². The normalized spacial score (nSPS) is 11.1. The molecular weight excluding hydrogens is 176 g/mol. The van der Waals surface area contributed by atoms with Crippen molar-refractivity contribution in [2.45, 2.75) is 13.8 Å². The quantitative estimate of drug-likeness (QED) is 0.240. The van der Waals surface area contributed by atoms with Crippen molar-refractivity contribution in [3.63, 3.8) is 0 Å². The minimum Gasteiger partial charge on any atom is -0.298 e.